The Bertz CT molecular complexity index is 2520. The first kappa shape index (κ1) is 39.8. The van der Waals surface area contributed by atoms with Gasteiger partial charge in [0.1, 0.15) is 11.5 Å². The van der Waals surface area contributed by atoms with Crippen molar-refractivity contribution in [2.24, 2.45) is 11.5 Å². The Morgan fingerprint density at radius 3 is 1.45 bits per heavy atom. The van der Waals surface area contributed by atoms with E-state index in [9.17, 15) is 19.8 Å². The lowest BCUT2D eigenvalue weighted by molar-refractivity contribution is 0.0991. The van der Waals surface area contributed by atoms with Crippen molar-refractivity contribution >= 4 is 34.5 Å². The SMILES string of the molecule is Cc1nc([C@](C)(O)C#Cc2ccc3c(c2)-c2nc(C(N)=O)sc2[C@@H](C)CO3)no1.Cc1nc([C@](C)(O)C#Cc2ccc3c(c2)-c2nc(C(N)=O)sc2[C@H](C)CO3)no1. The van der Waals surface area contributed by atoms with Crippen LogP contribution in [0.3, 0.4) is 0 Å². The maximum Gasteiger partial charge on any atom is 0.277 e. The van der Waals surface area contributed by atoms with E-state index in [-0.39, 0.29) is 33.5 Å². The van der Waals surface area contributed by atoms with Gasteiger partial charge < -0.3 is 40.2 Å². The van der Waals surface area contributed by atoms with Gasteiger partial charge in [-0.05, 0) is 50.2 Å². The molecule has 6 heterocycles. The molecule has 4 aromatic heterocycles. The molecule has 2 aliphatic heterocycles. The average molecular weight is 821 g/mol. The van der Waals surface area contributed by atoms with Crippen molar-refractivity contribution in [3.63, 3.8) is 0 Å². The van der Waals surface area contributed by atoms with Gasteiger partial charge in [0.15, 0.2) is 21.2 Å². The fraction of sp³-hybridized carbons (Fsp3) is 0.300. The van der Waals surface area contributed by atoms with Gasteiger partial charge >= 0.3 is 0 Å². The Kier molecular flexibility index (Phi) is 10.6. The summed E-state index contributed by atoms with van der Waals surface area (Å²) >= 11 is 2.57. The summed E-state index contributed by atoms with van der Waals surface area (Å²) in [4.78, 5) is 42.0. The molecule has 0 spiro atoms. The zero-order valence-corrected chi connectivity index (χ0v) is 33.7. The van der Waals surface area contributed by atoms with Crippen LogP contribution in [0.25, 0.3) is 22.5 Å². The highest BCUT2D eigenvalue weighted by molar-refractivity contribution is 7.14. The molecule has 0 fully saturated rings. The van der Waals surface area contributed by atoms with Crippen LogP contribution in [0.1, 0.15) is 103 Å². The Balaban J connectivity index is 0.000000177. The number of fused-ring (bicyclic) bond motifs is 6. The first-order valence-corrected chi connectivity index (χ1v) is 19.4. The predicted molar refractivity (Wildman–Crippen MR) is 211 cm³/mol. The van der Waals surface area contributed by atoms with E-state index in [0.29, 0.717) is 59.0 Å². The molecule has 8 rings (SSSR count). The van der Waals surface area contributed by atoms with Crippen molar-refractivity contribution in [3.05, 3.63) is 90.7 Å². The second-order valence-corrected chi connectivity index (χ2v) is 16.0. The summed E-state index contributed by atoms with van der Waals surface area (Å²) in [6.45, 7) is 11.2. The van der Waals surface area contributed by atoms with Crippen molar-refractivity contribution in [2.75, 3.05) is 13.2 Å². The predicted octanol–water partition coefficient (Wildman–Crippen LogP) is 4.71. The Hall–Kier alpha value is -6.44. The summed E-state index contributed by atoms with van der Waals surface area (Å²) in [5.74, 6) is 12.7. The normalized spacial score (nSPS) is 17.0. The number of nitrogens with zero attached hydrogens (tertiary/aromatic N) is 6. The molecule has 0 radical (unpaired) electrons. The summed E-state index contributed by atoms with van der Waals surface area (Å²) in [5.41, 5.74) is 11.8. The van der Waals surface area contributed by atoms with Crippen molar-refractivity contribution in [1.82, 2.24) is 30.2 Å². The van der Waals surface area contributed by atoms with E-state index in [4.69, 9.17) is 30.0 Å². The number of hydrogen-bond donors (Lipinski definition) is 4. The van der Waals surface area contributed by atoms with Crippen molar-refractivity contribution < 1.29 is 38.3 Å². The van der Waals surface area contributed by atoms with Crippen LogP contribution in [0.2, 0.25) is 0 Å². The van der Waals surface area contributed by atoms with E-state index in [1.54, 1.807) is 38.1 Å². The Morgan fingerprint density at radius 2 is 1.10 bits per heavy atom. The van der Waals surface area contributed by atoms with Crippen LogP contribution in [0.15, 0.2) is 45.4 Å². The van der Waals surface area contributed by atoms with E-state index in [0.717, 1.165) is 20.9 Å². The van der Waals surface area contributed by atoms with Crippen LogP contribution in [0.4, 0.5) is 0 Å². The molecule has 2 aliphatic rings. The number of primary amides is 2. The molecule has 0 saturated heterocycles. The van der Waals surface area contributed by atoms with Crippen LogP contribution in [-0.2, 0) is 11.2 Å². The minimum Gasteiger partial charge on any atom is -0.492 e. The second-order valence-electron chi connectivity index (χ2n) is 14.0. The van der Waals surface area contributed by atoms with Gasteiger partial charge in [0.2, 0.25) is 23.4 Å². The molecule has 58 heavy (non-hydrogen) atoms. The average Bonchev–Trinajstić information content (AvgIpc) is 4.00. The van der Waals surface area contributed by atoms with Crippen molar-refractivity contribution in [1.29, 1.82) is 0 Å². The van der Waals surface area contributed by atoms with Crippen LogP contribution < -0.4 is 20.9 Å². The molecule has 0 saturated carbocycles. The molecule has 2 aromatic carbocycles. The van der Waals surface area contributed by atoms with Gasteiger partial charge in [-0.2, -0.15) is 9.97 Å². The van der Waals surface area contributed by atoms with Crippen LogP contribution in [0, 0.1) is 37.5 Å². The molecule has 18 heteroatoms. The van der Waals surface area contributed by atoms with Crippen molar-refractivity contribution in [2.45, 2.75) is 64.6 Å². The maximum atomic E-state index is 11.6. The topological polar surface area (TPSA) is 249 Å². The largest absolute Gasteiger partial charge is 0.492 e. The lowest BCUT2D eigenvalue weighted by atomic mass is 10.0. The minimum absolute atomic E-state index is 0.0692. The summed E-state index contributed by atoms with van der Waals surface area (Å²) < 4.78 is 21.6. The number of carbonyl (C=O) groups excluding carboxylic acids is 2. The van der Waals surface area contributed by atoms with Gasteiger partial charge in [-0.25, -0.2) is 9.97 Å². The number of aryl methyl sites for hydroxylation is 2. The zero-order valence-electron chi connectivity index (χ0n) is 32.0. The molecular weight excluding hydrogens is 785 g/mol. The Morgan fingerprint density at radius 1 is 0.707 bits per heavy atom. The van der Waals surface area contributed by atoms with Gasteiger partial charge in [-0.1, -0.05) is 47.8 Å². The number of hydrogen-bond acceptors (Lipinski definition) is 16. The number of nitrogens with two attached hydrogens (primary N) is 2. The van der Waals surface area contributed by atoms with E-state index in [1.807, 2.05) is 26.0 Å². The molecule has 6 aromatic rings. The lowest BCUT2D eigenvalue weighted by Crippen LogP contribution is -2.20. The van der Waals surface area contributed by atoms with Gasteiger partial charge in [0.25, 0.3) is 11.8 Å². The maximum absolute atomic E-state index is 11.6. The summed E-state index contributed by atoms with van der Waals surface area (Å²) in [7, 11) is 0. The molecule has 16 nitrogen and oxygen atoms in total. The molecule has 4 atom stereocenters. The van der Waals surface area contributed by atoms with Gasteiger partial charge in [0.05, 0.1) is 24.6 Å². The second kappa shape index (κ2) is 15.5. The number of ether oxygens (including phenoxy) is 2. The van der Waals surface area contributed by atoms with Crippen LogP contribution >= 0.6 is 22.7 Å². The third-order valence-electron chi connectivity index (χ3n) is 8.90. The molecule has 0 bridgehead atoms. The molecular formula is C40H36N8O8S2. The van der Waals surface area contributed by atoms with Crippen LogP contribution in [0.5, 0.6) is 11.5 Å². The van der Waals surface area contributed by atoms with Crippen LogP contribution in [-0.4, -0.2) is 65.5 Å². The summed E-state index contributed by atoms with van der Waals surface area (Å²) in [6.07, 6.45) is 0. The number of rotatable bonds is 4. The quantitative estimate of drug-likeness (QED) is 0.176. The minimum atomic E-state index is -1.57. The fourth-order valence-corrected chi connectivity index (χ4v) is 7.77. The van der Waals surface area contributed by atoms with Gasteiger partial charge in [0, 0.05) is 57.7 Å². The lowest BCUT2D eigenvalue weighted by Gasteiger charge is -2.10. The number of amides is 2. The monoisotopic (exact) mass is 820 g/mol. The van der Waals surface area contributed by atoms with Crippen molar-refractivity contribution in [3.8, 4) is 57.7 Å². The standard InChI is InChI=1S/2C20H18N4O4S/c2*1-10-9-27-14-5-4-12(6-7-20(3,26)19-22-11(2)28-24-19)8-13(14)15-16(10)29-18(23-15)17(21)25/h2*4-5,8,10,26H,9H2,1-3H3,(H2,21,25)/t10-,20+;10-,20-/m01/s1. The molecule has 0 unspecified atom stereocenters. The molecule has 6 N–H and O–H groups in total. The van der Waals surface area contributed by atoms with E-state index >= 15 is 0 Å². The highest BCUT2D eigenvalue weighted by atomic mass is 32.1. The van der Waals surface area contributed by atoms with Gasteiger partial charge in [-0.3, -0.25) is 9.59 Å². The summed E-state index contributed by atoms with van der Waals surface area (Å²) in [6, 6.07) is 10.8. The summed E-state index contributed by atoms with van der Waals surface area (Å²) in [5, 5.41) is 29.1. The van der Waals surface area contributed by atoms with E-state index in [2.05, 4.69) is 53.9 Å². The van der Waals surface area contributed by atoms with Gasteiger partial charge in [-0.15, -0.1) is 22.7 Å². The molecule has 296 valence electrons. The fourth-order valence-electron chi connectivity index (χ4n) is 5.84. The third kappa shape index (κ3) is 8.18. The highest BCUT2D eigenvalue weighted by Crippen LogP contribution is 2.43. The molecule has 0 aliphatic carbocycles. The number of benzene rings is 2. The highest BCUT2D eigenvalue weighted by Gasteiger charge is 2.30. The smallest absolute Gasteiger partial charge is 0.277 e. The van der Waals surface area contributed by atoms with E-state index < -0.39 is 23.0 Å². The Labute approximate surface area is 339 Å². The first-order chi connectivity index (χ1) is 27.5. The third-order valence-corrected chi connectivity index (χ3v) is 11.5. The number of aromatic nitrogens is 6. The zero-order chi connectivity index (χ0) is 41.5. The number of thiazole rings is 2. The van der Waals surface area contributed by atoms with E-state index in [1.165, 1.54) is 36.5 Å². The first-order valence-electron chi connectivity index (χ1n) is 17.8. The number of aliphatic hydroxyl groups is 2. The molecule has 2 amide bonds. The number of carbonyl (C=O) groups is 2.